The van der Waals surface area contributed by atoms with Crippen LogP contribution in [0.4, 0.5) is 0 Å². The van der Waals surface area contributed by atoms with Crippen LogP contribution in [-0.4, -0.2) is 17.4 Å². The van der Waals surface area contributed by atoms with Crippen molar-refractivity contribution in [1.82, 2.24) is 0 Å². The standard InChI is InChI=1S/C21H24O3/c1-12-3-2-4-16-17(12)8-18(19(16)22)20(23)24-21-9-13-5-14(10-21)7-15(6-13)11-21/h2-4,13-15,18H,5-11H2,1H3. The molecule has 0 radical (unpaired) electrons. The summed E-state index contributed by atoms with van der Waals surface area (Å²) in [5.41, 5.74) is 2.61. The van der Waals surface area contributed by atoms with Gasteiger partial charge in [-0.1, -0.05) is 18.2 Å². The first-order valence-electron chi connectivity index (χ1n) is 9.38. The molecule has 4 fully saturated rings. The van der Waals surface area contributed by atoms with Gasteiger partial charge in [-0.15, -0.1) is 0 Å². The van der Waals surface area contributed by atoms with Gasteiger partial charge >= 0.3 is 5.97 Å². The maximum atomic E-state index is 12.9. The van der Waals surface area contributed by atoms with Crippen molar-refractivity contribution in [2.75, 3.05) is 0 Å². The summed E-state index contributed by atoms with van der Waals surface area (Å²) in [5.74, 6) is 1.29. The van der Waals surface area contributed by atoms with Crippen LogP contribution in [0, 0.1) is 30.6 Å². The number of hydrogen-bond acceptors (Lipinski definition) is 3. The van der Waals surface area contributed by atoms with Gasteiger partial charge in [-0.25, -0.2) is 0 Å². The molecule has 1 unspecified atom stereocenters. The molecule has 0 spiro atoms. The van der Waals surface area contributed by atoms with E-state index in [0.29, 0.717) is 6.42 Å². The fourth-order valence-corrected chi connectivity index (χ4v) is 6.32. The molecular formula is C21H24O3. The molecule has 4 bridgehead atoms. The van der Waals surface area contributed by atoms with Crippen LogP contribution >= 0.6 is 0 Å². The third-order valence-electron chi connectivity index (χ3n) is 6.98. The Morgan fingerprint density at radius 1 is 1.08 bits per heavy atom. The van der Waals surface area contributed by atoms with E-state index in [1.807, 2.05) is 25.1 Å². The molecule has 1 atom stereocenters. The Bertz CT molecular complexity index is 697. The van der Waals surface area contributed by atoms with Crippen LogP contribution < -0.4 is 0 Å². The number of carbonyl (C=O) groups is 2. The molecule has 0 saturated heterocycles. The molecule has 0 amide bonds. The quantitative estimate of drug-likeness (QED) is 0.613. The lowest BCUT2D eigenvalue weighted by atomic mass is 9.54. The van der Waals surface area contributed by atoms with Crippen molar-refractivity contribution >= 4 is 11.8 Å². The number of fused-ring (bicyclic) bond motifs is 1. The van der Waals surface area contributed by atoms with E-state index in [2.05, 4.69) is 0 Å². The van der Waals surface area contributed by atoms with Crippen LogP contribution in [0.15, 0.2) is 18.2 Å². The number of Topliss-reactive ketones (excluding diaryl/α,β-unsaturated/α-hetero) is 1. The third kappa shape index (κ3) is 2.09. The number of ether oxygens (including phenoxy) is 1. The Hall–Kier alpha value is -1.64. The highest BCUT2D eigenvalue weighted by Gasteiger charge is 2.54. The lowest BCUT2D eigenvalue weighted by molar-refractivity contribution is -0.189. The molecule has 24 heavy (non-hydrogen) atoms. The fourth-order valence-electron chi connectivity index (χ4n) is 6.32. The number of hydrogen-bond donors (Lipinski definition) is 0. The second-order valence-corrected chi connectivity index (χ2v) is 8.74. The van der Waals surface area contributed by atoms with Crippen molar-refractivity contribution in [3.63, 3.8) is 0 Å². The number of rotatable bonds is 2. The van der Waals surface area contributed by atoms with Crippen molar-refractivity contribution in [3.05, 3.63) is 34.9 Å². The first-order valence-corrected chi connectivity index (χ1v) is 9.38. The highest BCUT2D eigenvalue weighted by molar-refractivity contribution is 6.12. The lowest BCUT2D eigenvalue weighted by Crippen LogP contribution is -2.53. The number of esters is 1. The number of aryl methyl sites for hydroxylation is 1. The van der Waals surface area contributed by atoms with Gasteiger partial charge in [0.15, 0.2) is 5.78 Å². The van der Waals surface area contributed by atoms with Gasteiger partial charge in [0.05, 0.1) is 0 Å². The predicted octanol–water partition coefficient (Wildman–Crippen LogP) is 3.86. The van der Waals surface area contributed by atoms with E-state index in [-0.39, 0.29) is 17.4 Å². The molecule has 5 aliphatic rings. The summed E-state index contributed by atoms with van der Waals surface area (Å²) in [4.78, 5) is 25.6. The van der Waals surface area contributed by atoms with Crippen LogP contribution in [0.25, 0.3) is 0 Å². The normalized spacial score (nSPS) is 39.1. The number of benzene rings is 1. The van der Waals surface area contributed by atoms with E-state index in [1.54, 1.807) is 0 Å². The highest BCUT2D eigenvalue weighted by Crippen LogP contribution is 2.57. The largest absolute Gasteiger partial charge is 0.458 e. The van der Waals surface area contributed by atoms with Gasteiger partial charge in [0, 0.05) is 5.56 Å². The molecule has 0 N–H and O–H groups in total. The van der Waals surface area contributed by atoms with Crippen LogP contribution in [-0.2, 0) is 16.0 Å². The molecule has 4 saturated carbocycles. The average Bonchev–Trinajstić information content (AvgIpc) is 2.84. The van der Waals surface area contributed by atoms with Gasteiger partial charge in [-0.2, -0.15) is 0 Å². The second kappa shape index (κ2) is 4.93. The van der Waals surface area contributed by atoms with Crippen LogP contribution in [0.1, 0.15) is 60.0 Å². The first kappa shape index (κ1) is 14.7. The summed E-state index contributed by atoms with van der Waals surface area (Å²) in [5, 5.41) is 0. The Balaban J connectivity index is 1.37. The minimum absolute atomic E-state index is 0.0385. The van der Waals surface area contributed by atoms with Crippen molar-refractivity contribution in [2.45, 2.75) is 57.5 Å². The molecule has 0 aromatic heterocycles. The smallest absolute Gasteiger partial charge is 0.317 e. The van der Waals surface area contributed by atoms with Crippen molar-refractivity contribution in [3.8, 4) is 0 Å². The minimum Gasteiger partial charge on any atom is -0.458 e. The molecule has 3 nitrogen and oxygen atoms in total. The fraction of sp³-hybridized carbons (Fsp3) is 0.619. The Kier molecular flexibility index (Phi) is 3.02. The van der Waals surface area contributed by atoms with E-state index < -0.39 is 5.92 Å². The van der Waals surface area contributed by atoms with Crippen LogP contribution in [0.3, 0.4) is 0 Å². The third-order valence-corrected chi connectivity index (χ3v) is 6.98. The maximum Gasteiger partial charge on any atom is 0.317 e. The monoisotopic (exact) mass is 324 g/mol. The topological polar surface area (TPSA) is 43.4 Å². The van der Waals surface area contributed by atoms with E-state index in [1.165, 1.54) is 19.3 Å². The summed E-state index contributed by atoms with van der Waals surface area (Å²) < 4.78 is 6.12. The summed E-state index contributed by atoms with van der Waals surface area (Å²) in [6.07, 6.45) is 7.57. The molecule has 1 aromatic rings. The molecule has 0 heterocycles. The van der Waals surface area contributed by atoms with Gasteiger partial charge in [0.25, 0.3) is 0 Å². The summed E-state index contributed by atoms with van der Waals surface area (Å²) >= 11 is 0. The predicted molar refractivity (Wildman–Crippen MR) is 89.7 cm³/mol. The zero-order chi connectivity index (χ0) is 16.5. The number of ketones is 1. The Morgan fingerprint density at radius 3 is 2.29 bits per heavy atom. The van der Waals surface area contributed by atoms with E-state index in [9.17, 15) is 9.59 Å². The summed E-state index contributed by atoms with van der Waals surface area (Å²) in [6, 6.07) is 5.76. The average molecular weight is 324 g/mol. The van der Waals surface area contributed by atoms with Gasteiger partial charge < -0.3 is 4.74 Å². The molecule has 3 heteroatoms. The minimum atomic E-state index is -0.617. The van der Waals surface area contributed by atoms with Gasteiger partial charge in [0.1, 0.15) is 11.5 Å². The molecular weight excluding hydrogens is 300 g/mol. The van der Waals surface area contributed by atoms with Gasteiger partial charge in [-0.05, 0) is 80.8 Å². The van der Waals surface area contributed by atoms with Crippen molar-refractivity contribution in [1.29, 1.82) is 0 Å². The molecule has 0 aliphatic heterocycles. The second-order valence-electron chi connectivity index (χ2n) is 8.74. The Labute approximate surface area is 142 Å². The Morgan fingerprint density at radius 2 is 1.71 bits per heavy atom. The molecule has 126 valence electrons. The molecule has 6 rings (SSSR count). The SMILES string of the molecule is Cc1cccc2c1CC(C(=O)OC13CC4CC(CC(C4)C1)C3)C2=O. The number of carbonyl (C=O) groups excluding carboxylic acids is 2. The highest BCUT2D eigenvalue weighted by atomic mass is 16.6. The zero-order valence-corrected chi connectivity index (χ0v) is 14.2. The van der Waals surface area contributed by atoms with E-state index in [0.717, 1.165) is 53.7 Å². The lowest BCUT2D eigenvalue weighted by Gasteiger charge is -2.55. The molecule has 1 aromatic carbocycles. The maximum absolute atomic E-state index is 12.9. The van der Waals surface area contributed by atoms with Gasteiger partial charge in [0.2, 0.25) is 0 Å². The summed E-state index contributed by atoms with van der Waals surface area (Å²) in [6.45, 7) is 2.01. The van der Waals surface area contributed by atoms with Crippen LogP contribution in [0.2, 0.25) is 0 Å². The van der Waals surface area contributed by atoms with Crippen molar-refractivity contribution < 1.29 is 14.3 Å². The van der Waals surface area contributed by atoms with Crippen molar-refractivity contribution in [2.24, 2.45) is 23.7 Å². The zero-order valence-electron chi connectivity index (χ0n) is 14.2. The van der Waals surface area contributed by atoms with Crippen LogP contribution in [0.5, 0.6) is 0 Å². The first-order chi connectivity index (χ1) is 11.5. The van der Waals surface area contributed by atoms with Gasteiger partial charge in [-0.3, -0.25) is 9.59 Å². The van der Waals surface area contributed by atoms with E-state index in [4.69, 9.17) is 4.74 Å². The molecule has 5 aliphatic carbocycles. The van der Waals surface area contributed by atoms with E-state index >= 15 is 0 Å². The summed E-state index contributed by atoms with van der Waals surface area (Å²) in [7, 11) is 0.